The van der Waals surface area contributed by atoms with E-state index in [1.807, 2.05) is 0 Å². The zero-order chi connectivity index (χ0) is 56.4. The molecular weight excluding hydrogens is 1590 g/mol. The Morgan fingerprint density at radius 1 is 0.234 bits per heavy atom. The molecule has 8 aromatic rings. The normalized spacial score (nSPS) is 13.9. The summed E-state index contributed by atoms with van der Waals surface area (Å²) in [5.74, 6) is 0. The maximum atomic E-state index is 2.76. The molecule has 0 fully saturated rings. The van der Waals surface area contributed by atoms with Gasteiger partial charge in [0, 0.05) is 0 Å². The molecule has 0 bridgehead atoms. The van der Waals surface area contributed by atoms with Crippen molar-refractivity contribution in [3.05, 3.63) is 97.1 Å². The van der Waals surface area contributed by atoms with Gasteiger partial charge in [-0.2, -0.15) is 0 Å². The molecule has 0 amide bonds. The van der Waals surface area contributed by atoms with Crippen molar-refractivity contribution in [2.45, 2.75) is 160 Å². The fourth-order valence-corrected chi connectivity index (χ4v) is 69.0. The number of rotatable bonds is 24. The molecule has 17 heteroatoms. The van der Waals surface area contributed by atoms with E-state index >= 15 is 0 Å². The quantitative estimate of drug-likeness (QED) is 0.0529. The summed E-state index contributed by atoms with van der Waals surface area (Å²) in [6, 6.07) is 52.0. The molecule has 8 aromatic heterocycles. The van der Waals surface area contributed by atoms with E-state index < -0.39 is 114 Å². The average Bonchev–Trinajstić information content (AvgIpc) is 4.18. The van der Waals surface area contributed by atoms with Gasteiger partial charge in [-0.1, -0.05) is 0 Å². The van der Waals surface area contributed by atoms with Crippen molar-refractivity contribution >= 4 is 234 Å². The van der Waals surface area contributed by atoms with E-state index in [1.165, 1.54) is 87.4 Å². The summed E-state index contributed by atoms with van der Waals surface area (Å²) in [6.45, 7) is 22.1. The van der Waals surface area contributed by atoms with Crippen LogP contribution in [0, 0.1) is 0 Å². The predicted molar refractivity (Wildman–Crippen MR) is 395 cm³/mol. The molecule has 0 atom stereocenters. The molecule has 0 aliphatic rings. The molecule has 8 heterocycles. The molecule has 0 N–H and O–H groups in total. The molecular formula is C60H92S8Si5Sn4. The molecule has 416 valence electrons. The molecule has 0 aliphatic heterocycles. The molecule has 8 rings (SSSR count). The molecule has 0 spiro atoms. The van der Waals surface area contributed by atoms with E-state index in [0.717, 1.165) is 0 Å². The van der Waals surface area contributed by atoms with Gasteiger partial charge in [0.2, 0.25) is 0 Å². The Morgan fingerprint density at radius 2 is 0.403 bits per heavy atom. The third kappa shape index (κ3) is 16.3. The first-order valence-corrected chi connectivity index (χ1v) is 90.5. The molecule has 0 saturated carbocycles. The Balaban J connectivity index is 1.14. The van der Waals surface area contributed by atoms with E-state index in [4.69, 9.17) is 0 Å². The van der Waals surface area contributed by atoms with Crippen LogP contribution in [0.3, 0.4) is 0 Å². The van der Waals surface area contributed by atoms with Crippen molar-refractivity contribution in [1.29, 1.82) is 0 Å². The van der Waals surface area contributed by atoms with Crippen LogP contribution in [0.4, 0.5) is 0 Å². The van der Waals surface area contributed by atoms with Crippen molar-refractivity contribution in [1.82, 2.24) is 0 Å². The first-order chi connectivity index (χ1) is 35.5. The van der Waals surface area contributed by atoms with E-state index in [-0.39, 0.29) is 0 Å². The van der Waals surface area contributed by atoms with Gasteiger partial charge < -0.3 is 0 Å². The summed E-state index contributed by atoms with van der Waals surface area (Å²) in [5, 5.41) is 0. The van der Waals surface area contributed by atoms with Crippen LogP contribution in [0.25, 0.3) is 39.0 Å². The van der Waals surface area contributed by atoms with Crippen LogP contribution in [0.1, 0.15) is 0 Å². The number of hydrogen-bond acceptors (Lipinski definition) is 8. The van der Waals surface area contributed by atoms with Crippen molar-refractivity contribution in [2.24, 2.45) is 0 Å². The minimum atomic E-state index is -2.13. The summed E-state index contributed by atoms with van der Waals surface area (Å²) in [5.41, 5.74) is 0. The Labute approximate surface area is 522 Å². The van der Waals surface area contributed by atoms with E-state index in [0.29, 0.717) is 0 Å². The summed E-state index contributed by atoms with van der Waals surface area (Å²) in [4.78, 5) is 43.0. The van der Waals surface area contributed by atoms with Crippen LogP contribution >= 0.6 is 90.7 Å². The zero-order valence-electron chi connectivity index (χ0n) is 50.7. The van der Waals surface area contributed by atoms with Gasteiger partial charge in [0.1, 0.15) is 0 Å². The maximum absolute atomic E-state index is 2.76. The molecule has 0 saturated heterocycles. The van der Waals surface area contributed by atoms with Gasteiger partial charge in [-0.3, -0.25) is 0 Å². The number of hydrogen-bond donors (Lipinski definition) is 0. The predicted octanol–water partition coefficient (Wildman–Crippen LogP) is 19.2. The topological polar surface area (TPSA) is 0 Å². The summed E-state index contributed by atoms with van der Waals surface area (Å²) in [7, 11) is -8.90. The zero-order valence-corrected chi connectivity index (χ0v) is 73.6. The van der Waals surface area contributed by atoms with Gasteiger partial charge in [0.25, 0.3) is 0 Å². The van der Waals surface area contributed by atoms with Crippen LogP contribution in [-0.2, 0) is 0 Å². The number of thiophene rings is 8. The minimum absolute atomic E-state index is 1.44. The second-order valence-corrected chi connectivity index (χ2v) is 125. The summed E-state index contributed by atoms with van der Waals surface area (Å²) < 4.78 is 13.7. The standard InChI is InChI=1S/C48H56S8Si5.12CH3.4Sn/c1-57(2,45-21-17-41(53-45)37-13-9-25-49-37)29-33-61(34-30-58(3,4)46-22-18-42(54-46)38-14-10-26-50-38,35-31-59(5,6)47-23-19-43(55-47)39-15-11-27-51-39)36-32-60(7,8)48-24-20-44(56-48)40-16-12-28-52-40;;;;;;;;;;;;;;;;/h9-24H,29-36H2,1-8H3;12*1H3;;;;. The van der Waals surface area contributed by atoms with Crippen LogP contribution in [0.2, 0.25) is 160 Å². The first-order valence-electron chi connectivity index (χ1n) is 28.4. The Hall–Kier alpha value is 1.88. The molecule has 77 heavy (non-hydrogen) atoms. The molecule has 0 aliphatic carbocycles. The van der Waals surface area contributed by atoms with Gasteiger partial charge >= 0.3 is 530 Å². The molecule has 0 nitrogen and oxygen atoms in total. The van der Waals surface area contributed by atoms with E-state index in [9.17, 15) is 0 Å². The van der Waals surface area contributed by atoms with Crippen molar-refractivity contribution in [3.8, 4) is 39.0 Å². The summed E-state index contributed by atoms with van der Waals surface area (Å²) >= 11 is 8.60. The van der Waals surface area contributed by atoms with E-state index in [1.54, 1.807) is 29.6 Å². The van der Waals surface area contributed by atoms with Crippen molar-refractivity contribution < 1.29 is 0 Å². The third-order valence-electron chi connectivity index (χ3n) is 16.6. The first kappa shape index (κ1) is 64.9. The van der Waals surface area contributed by atoms with Gasteiger partial charge in [0.05, 0.1) is 0 Å². The third-order valence-corrected chi connectivity index (χ3v) is 90.3. The molecule has 0 radical (unpaired) electrons. The van der Waals surface area contributed by atoms with Gasteiger partial charge in [-0.15, -0.1) is 0 Å². The second-order valence-electron chi connectivity index (χ2n) is 29.3. The van der Waals surface area contributed by atoms with Crippen LogP contribution in [0.15, 0.2) is 97.1 Å². The van der Waals surface area contributed by atoms with Crippen LogP contribution in [-0.4, -0.2) is 114 Å². The van der Waals surface area contributed by atoms with Gasteiger partial charge in [-0.05, 0) is 0 Å². The average molecular weight is 1690 g/mol. The Kier molecular flexibility index (Phi) is 21.0. The van der Waals surface area contributed by atoms with Crippen LogP contribution in [0.5, 0.6) is 0 Å². The fraction of sp³-hybridized carbons (Fsp3) is 0.467. The summed E-state index contributed by atoms with van der Waals surface area (Å²) in [6.07, 6.45) is 0. The van der Waals surface area contributed by atoms with Crippen molar-refractivity contribution in [2.75, 3.05) is 0 Å². The van der Waals surface area contributed by atoms with Gasteiger partial charge in [0.15, 0.2) is 0 Å². The second kappa shape index (κ2) is 24.9. The van der Waals surface area contributed by atoms with E-state index in [2.05, 4.69) is 299 Å². The Bertz CT molecular complexity index is 2820. The fourth-order valence-electron chi connectivity index (χ4n) is 10.4. The molecule has 0 unspecified atom stereocenters. The molecule has 0 aromatic carbocycles. The van der Waals surface area contributed by atoms with Crippen molar-refractivity contribution in [3.63, 3.8) is 0 Å². The van der Waals surface area contributed by atoms with Gasteiger partial charge in [-0.25, -0.2) is 0 Å². The Morgan fingerprint density at radius 3 is 0.571 bits per heavy atom. The monoisotopic (exact) mass is 1690 g/mol. The van der Waals surface area contributed by atoms with Crippen LogP contribution < -0.4 is 29.6 Å². The SMILES string of the molecule is C[Si](C)(CC[Si](CC[Si](C)(C)c1ccc(-c2cc[c]([Sn]([CH3])([CH3])[CH3])s2)s1)(CC[Si](C)(C)c1ccc(-c2cc[c]([Sn]([CH3])([CH3])[CH3])s2)s1)CC[Si](C)(C)c1ccc(-c2cc[c]([Sn]([CH3])([CH3])[CH3])s2)s1)c1ccc(-c2cc[c]([Sn]([CH3])([CH3])[CH3])s2)s1.